The third-order valence-corrected chi connectivity index (χ3v) is 5.21. The van der Waals surface area contributed by atoms with Crippen LogP contribution in [0, 0.1) is 6.92 Å². The minimum absolute atomic E-state index is 0.0744. The molecule has 31 heavy (non-hydrogen) atoms. The third kappa shape index (κ3) is 4.94. The van der Waals surface area contributed by atoms with E-state index in [9.17, 15) is 4.79 Å². The van der Waals surface area contributed by atoms with E-state index in [1.807, 2.05) is 31.2 Å². The number of halogens is 1. The number of nitrogens with zero attached hydrogens (tertiary/aromatic N) is 2. The van der Waals surface area contributed by atoms with Crippen molar-refractivity contribution >= 4 is 38.6 Å². The Morgan fingerprint density at radius 3 is 2.77 bits per heavy atom. The van der Waals surface area contributed by atoms with Gasteiger partial charge in [0.15, 0.2) is 12.2 Å². The van der Waals surface area contributed by atoms with Gasteiger partial charge < -0.3 is 14.5 Å². The lowest BCUT2D eigenvalue weighted by atomic mass is 10.0. The number of carbonyl (C=O) groups excluding carboxylic acids is 1. The first-order chi connectivity index (χ1) is 14.9. The fraction of sp³-hybridized carbons (Fsp3) is 0.208. The van der Waals surface area contributed by atoms with Crippen molar-refractivity contribution in [1.29, 1.82) is 0 Å². The molecule has 2 aromatic heterocycles. The smallest absolute Gasteiger partial charge is 0.262 e. The highest BCUT2D eigenvalue weighted by molar-refractivity contribution is 9.10. The summed E-state index contributed by atoms with van der Waals surface area (Å²) in [5.41, 5.74) is 4.84. The second-order valence-electron chi connectivity index (χ2n) is 7.63. The van der Waals surface area contributed by atoms with Crippen LogP contribution in [0.2, 0.25) is 0 Å². The van der Waals surface area contributed by atoms with Crippen molar-refractivity contribution in [1.82, 2.24) is 9.97 Å². The summed E-state index contributed by atoms with van der Waals surface area (Å²) in [6.07, 6.45) is 3.38. The molecule has 6 nitrogen and oxygen atoms in total. The number of fused-ring (bicyclic) bond motifs is 1. The first-order valence-corrected chi connectivity index (χ1v) is 10.7. The first-order valence-electron chi connectivity index (χ1n) is 9.94. The highest BCUT2D eigenvalue weighted by Gasteiger charge is 2.13. The summed E-state index contributed by atoms with van der Waals surface area (Å²) in [6, 6.07) is 13.3. The Labute approximate surface area is 188 Å². The highest BCUT2D eigenvalue weighted by atomic mass is 79.9. The van der Waals surface area contributed by atoms with Crippen molar-refractivity contribution in [2.24, 2.45) is 0 Å². The van der Waals surface area contributed by atoms with Crippen LogP contribution in [0.4, 0.5) is 5.69 Å². The number of hydrogen-bond acceptors (Lipinski definition) is 5. The second kappa shape index (κ2) is 8.89. The number of hydrogen-bond donors (Lipinski definition) is 1. The van der Waals surface area contributed by atoms with Crippen molar-refractivity contribution in [3.63, 3.8) is 0 Å². The van der Waals surface area contributed by atoms with Gasteiger partial charge in [-0.25, -0.2) is 4.98 Å². The molecule has 0 bridgehead atoms. The molecule has 158 valence electrons. The van der Waals surface area contributed by atoms with E-state index < -0.39 is 0 Å². The van der Waals surface area contributed by atoms with Crippen molar-refractivity contribution < 1.29 is 13.9 Å². The van der Waals surface area contributed by atoms with Gasteiger partial charge in [0.25, 0.3) is 5.91 Å². The summed E-state index contributed by atoms with van der Waals surface area (Å²) < 4.78 is 12.5. The van der Waals surface area contributed by atoms with Gasteiger partial charge in [-0.05, 0) is 70.2 Å². The van der Waals surface area contributed by atoms with Gasteiger partial charge in [0.2, 0.25) is 5.89 Å². The monoisotopic (exact) mass is 479 g/mol. The van der Waals surface area contributed by atoms with Gasteiger partial charge in [-0.1, -0.05) is 26.0 Å². The predicted molar refractivity (Wildman–Crippen MR) is 124 cm³/mol. The van der Waals surface area contributed by atoms with E-state index >= 15 is 0 Å². The molecular formula is C24H22BrN3O3. The second-order valence-corrected chi connectivity index (χ2v) is 8.54. The van der Waals surface area contributed by atoms with Gasteiger partial charge in [0.05, 0.1) is 5.56 Å². The molecule has 4 rings (SSSR count). The van der Waals surface area contributed by atoms with Gasteiger partial charge in [-0.2, -0.15) is 0 Å². The van der Waals surface area contributed by atoms with E-state index in [1.54, 1.807) is 30.6 Å². The SMILES string of the molecule is Cc1ccc(C(C)C)c(OCC(=O)Nc2ccc3oc(-c4cncc(Br)c4)nc3c2)c1. The molecule has 0 aliphatic rings. The summed E-state index contributed by atoms with van der Waals surface area (Å²) in [6.45, 7) is 6.13. The van der Waals surface area contributed by atoms with Crippen molar-refractivity contribution in [2.75, 3.05) is 11.9 Å². The lowest BCUT2D eigenvalue weighted by Crippen LogP contribution is -2.20. The van der Waals surface area contributed by atoms with E-state index in [4.69, 9.17) is 9.15 Å². The van der Waals surface area contributed by atoms with Crippen LogP contribution in [0.1, 0.15) is 30.9 Å². The Hall–Kier alpha value is -3.19. The molecule has 0 fully saturated rings. The summed E-state index contributed by atoms with van der Waals surface area (Å²) in [4.78, 5) is 21.1. The van der Waals surface area contributed by atoms with Crippen LogP contribution in [0.25, 0.3) is 22.6 Å². The van der Waals surface area contributed by atoms with Gasteiger partial charge >= 0.3 is 0 Å². The molecule has 0 unspecified atom stereocenters. The molecule has 0 aliphatic carbocycles. The van der Waals surface area contributed by atoms with Crippen molar-refractivity contribution in [3.8, 4) is 17.2 Å². The molecule has 2 aromatic carbocycles. The number of oxazole rings is 1. The topological polar surface area (TPSA) is 77.2 Å². The van der Waals surface area contributed by atoms with Gasteiger partial charge in [0.1, 0.15) is 11.3 Å². The molecule has 7 heteroatoms. The van der Waals surface area contributed by atoms with Crippen molar-refractivity contribution in [2.45, 2.75) is 26.7 Å². The van der Waals surface area contributed by atoms with E-state index in [0.717, 1.165) is 26.9 Å². The van der Waals surface area contributed by atoms with Crippen molar-refractivity contribution in [3.05, 3.63) is 70.5 Å². The predicted octanol–water partition coefficient (Wildman–Crippen LogP) is 6.10. The number of pyridine rings is 1. The number of aryl methyl sites for hydroxylation is 1. The van der Waals surface area contributed by atoms with E-state index in [2.05, 4.69) is 45.1 Å². The number of aromatic nitrogens is 2. The van der Waals surface area contributed by atoms with Gasteiger partial charge in [-0.15, -0.1) is 0 Å². The largest absolute Gasteiger partial charge is 0.483 e. The molecule has 2 heterocycles. The molecule has 0 atom stereocenters. The molecule has 0 aliphatic heterocycles. The van der Waals surface area contributed by atoms with Crippen LogP contribution in [0.5, 0.6) is 5.75 Å². The van der Waals surface area contributed by atoms with Crippen LogP contribution < -0.4 is 10.1 Å². The Balaban J connectivity index is 1.46. The molecule has 4 aromatic rings. The number of anilines is 1. The Morgan fingerprint density at radius 1 is 1.16 bits per heavy atom. The summed E-state index contributed by atoms with van der Waals surface area (Å²) in [5, 5.41) is 2.86. The average molecular weight is 480 g/mol. The highest BCUT2D eigenvalue weighted by Crippen LogP contribution is 2.28. The van der Waals surface area contributed by atoms with Gasteiger partial charge in [-0.3, -0.25) is 9.78 Å². The zero-order valence-electron chi connectivity index (χ0n) is 17.5. The summed E-state index contributed by atoms with van der Waals surface area (Å²) in [5.74, 6) is 1.28. The Morgan fingerprint density at radius 2 is 2.00 bits per heavy atom. The maximum atomic E-state index is 12.5. The normalized spacial score (nSPS) is 11.1. The zero-order valence-corrected chi connectivity index (χ0v) is 19.1. The maximum Gasteiger partial charge on any atom is 0.262 e. The lowest BCUT2D eigenvalue weighted by Gasteiger charge is -2.14. The number of amides is 1. The molecule has 0 saturated heterocycles. The molecule has 0 spiro atoms. The minimum Gasteiger partial charge on any atom is -0.483 e. The van der Waals surface area contributed by atoms with Gasteiger partial charge in [0, 0.05) is 22.6 Å². The molecule has 0 saturated carbocycles. The van der Waals surface area contributed by atoms with E-state index in [-0.39, 0.29) is 12.5 Å². The van der Waals surface area contributed by atoms with Crippen LogP contribution in [-0.2, 0) is 4.79 Å². The van der Waals surface area contributed by atoms with E-state index in [1.165, 1.54) is 0 Å². The number of benzene rings is 2. The Bertz CT molecular complexity index is 1250. The zero-order chi connectivity index (χ0) is 22.0. The number of ether oxygens (including phenoxy) is 1. The van der Waals surface area contributed by atoms with Crippen LogP contribution in [-0.4, -0.2) is 22.5 Å². The fourth-order valence-electron chi connectivity index (χ4n) is 3.24. The number of nitrogens with one attached hydrogen (secondary N) is 1. The fourth-order valence-corrected chi connectivity index (χ4v) is 3.61. The minimum atomic E-state index is -0.240. The molecule has 1 N–H and O–H groups in total. The lowest BCUT2D eigenvalue weighted by molar-refractivity contribution is -0.118. The molecule has 1 amide bonds. The standard InChI is InChI=1S/C24H22BrN3O3/c1-14(2)19-6-4-15(3)8-22(19)30-13-23(29)27-18-5-7-21-20(10-18)28-24(31-21)16-9-17(25)12-26-11-16/h4-12,14H,13H2,1-3H3,(H,27,29). The van der Waals surface area contributed by atoms with Crippen LogP contribution in [0.15, 0.2) is 63.7 Å². The first kappa shape index (κ1) is 21.1. The number of carbonyl (C=O) groups is 1. The molecular weight excluding hydrogens is 458 g/mol. The maximum absolute atomic E-state index is 12.5. The number of rotatable bonds is 6. The summed E-state index contributed by atoms with van der Waals surface area (Å²) >= 11 is 3.40. The summed E-state index contributed by atoms with van der Waals surface area (Å²) in [7, 11) is 0. The third-order valence-electron chi connectivity index (χ3n) is 4.77. The van der Waals surface area contributed by atoms with E-state index in [0.29, 0.717) is 28.6 Å². The van der Waals surface area contributed by atoms with Crippen LogP contribution >= 0.6 is 15.9 Å². The Kier molecular flexibility index (Phi) is 6.04. The van der Waals surface area contributed by atoms with Crippen LogP contribution in [0.3, 0.4) is 0 Å². The molecule has 0 radical (unpaired) electrons. The average Bonchev–Trinajstić information content (AvgIpc) is 3.15. The quantitative estimate of drug-likeness (QED) is 0.361.